The third kappa shape index (κ3) is 7.29. The molecule has 0 aliphatic rings. The van der Waals surface area contributed by atoms with Gasteiger partial charge in [0.25, 0.3) is 0 Å². The fraction of sp³-hybridized carbons (Fsp3) is 0.231. The number of benzene rings is 2. The lowest BCUT2D eigenvalue weighted by atomic mass is 10.1. The zero-order valence-corrected chi connectivity index (χ0v) is 19.8. The Morgan fingerprint density at radius 1 is 1.00 bits per heavy atom. The lowest BCUT2D eigenvalue weighted by molar-refractivity contribution is -0.141. The summed E-state index contributed by atoms with van der Waals surface area (Å²) in [6, 6.07) is 15.5. The van der Waals surface area contributed by atoms with Gasteiger partial charge in [-0.1, -0.05) is 31.2 Å². The van der Waals surface area contributed by atoms with Crippen LogP contribution in [0.5, 0.6) is 5.75 Å². The number of ether oxygens (including phenoxy) is 1. The number of hydrogen-bond donors (Lipinski definition) is 4. The molecule has 0 saturated carbocycles. The number of carboxylic acids is 1. The summed E-state index contributed by atoms with van der Waals surface area (Å²) in [6.45, 7) is 3.52. The number of amides is 3. The number of aromatic nitrogens is 1. The van der Waals surface area contributed by atoms with Crippen molar-refractivity contribution in [1.29, 1.82) is 0 Å². The summed E-state index contributed by atoms with van der Waals surface area (Å²) in [5.74, 6) is -1.25. The van der Waals surface area contributed by atoms with Gasteiger partial charge in [0.1, 0.15) is 5.75 Å². The predicted octanol–water partition coefficient (Wildman–Crippen LogP) is 4.49. The Bertz CT molecular complexity index is 1210. The van der Waals surface area contributed by atoms with E-state index in [1.165, 1.54) is 13.3 Å². The maximum absolute atomic E-state index is 12.5. The number of rotatable bonds is 9. The van der Waals surface area contributed by atoms with Crippen LogP contribution in [0.1, 0.15) is 23.7 Å². The molecule has 0 radical (unpaired) electrons. The summed E-state index contributed by atoms with van der Waals surface area (Å²) in [5, 5.41) is 17.3. The Morgan fingerprint density at radius 2 is 1.74 bits per heavy atom. The number of carboxylic acid groups (broad SMARTS) is 1. The predicted molar refractivity (Wildman–Crippen MR) is 134 cm³/mol. The van der Waals surface area contributed by atoms with Crippen molar-refractivity contribution >= 4 is 35.0 Å². The molecule has 3 rings (SSSR count). The molecule has 0 fully saturated rings. The molecule has 1 heterocycles. The average molecular weight is 477 g/mol. The van der Waals surface area contributed by atoms with Crippen molar-refractivity contribution in [1.82, 2.24) is 4.98 Å². The molecule has 35 heavy (non-hydrogen) atoms. The number of para-hydroxylation sites is 1. The van der Waals surface area contributed by atoms with Crippen LogP contribution in [0.3, 0.4) is 0 Å². The maximum atomic E-state index is 12.5. The first-order valence-electron chi connectivity index (χ1n) is 11.0. The summed E-state index contributed by atoms with van der Waals surface area (Å²) >= 11 is 0. The zero-order chi connectivity index (χ0) is 25.4. The lowest BCUT2D eigenvalue weighted by Crippen LogP contribution is -2.20. The summed E-state index contributed by atoms with van der Waals surface area (Å²) in [4.78, 5) is 40.1. The van der Waals surface area contributed by atoms with Crippen molar-refractivity contribution < 1.29 is 24.2 Å². The molecule has 0 saturated heterocycles. The molecule has 182 valence electrons. The normalized spacial score (nSPS) is 11.3. The molecule has 0 aliphatic heterocycles. The van der Waals surface area contributed by atoms with Crippen LogP contribution in [0, 0.1) is 12.8 Å². The van der Waals surface area contributed by atoms with Gasteiger partial charge in [0, 0.05) is 17.8 Å². The van der Waals surface area contributed by atoms with E-state index in [1.807, 2.05) is 31.2 Å². The molecule has 1 unspecified atom stereocenters. The molecule has 0 aliphatic carbocycles. The number of carbonyl (C=O) groups excluding carboxylic acids is 2. The molecule has 1 aromatic heterocycles. The highest BCUT2D eigenvalue weighted by molar-refractivity contribution is 6.01. The Balaban J connectivity index is 1.58. The molecular formula is C26H28N4O5. The van der Waals surface area contributed by atoms with Crippen LogP contribution in [-0.4, -0.2) is 35.1 Å². The minimum atomic E-state index is -0.882. The summed E-state index contributed by atoms with van der Waals surface area (Å²) in [5.41, 5.74) is 3.96. The van der Waals surface area contributed by atoms with E-state index >= 15 is 0 Å². The van der Waals surface area contributed by atoms with Gasteiger partial charge in [-0.3, -0.25) is 14.6 Å². The third-order valence-corrected chi connectivity index (χ3v) is 5.32. The van der Waals surface area contributed by atoms with Gasteiger partial charge in [-0.25, -0.2) is 4.79 Å². The number of methoxy groups -OCH3 is 1. The van der Waals surface area contributed by atoms with Crippen molar-refractivity contribution in [3.63, 3.8) is 0 Å². The summed E-state index contributed by atoms with van der Waals surface area (Å²) in [6.07, 6.45) is 1.90. The van der Waals surface area contributed by atoms with Gasteiger partial charge in [0.2, 0.25) is 5.91 Å². The number of urea groups is 1. The second-order valence-electron chi connectivity index (χ2n) is 8.14. The van der Waals surface area contributed by atoms with E-state index in [9.17, 15) is 14.4 Å². The van der Waals surface area contributed by atoms with Gasteiger partial charge in [0.15, 0.2) is 0 Å². The van der Waals surface area contributed by atoms with Crippen molar-refractivity contribution in [2.75, 3.05) is 23.1 Å². The van der Waals surface area contributed by atoms with Gasteiger partial charge < -0.3 is 25.8 Å². The highest BCUT2D eigenvalue weighted by Crippen LogP contribution is 2.26. The smallest absolute Gasteiger partial charge is 0.323 e. The van der Waals surface area contributed by atoms with Crippen LogP contribution < -0.4 is 20.7 Å². The molecule has 3 amide bonds. The van der Waals surface area contributed by atoms with E-state index in [4.69, 9.17) is 9.84 Å². The van der Waals surface area contributed by atoms with Gasteiger partial charge in [0.05, 0.1) is 37.0 Å². The number of pyridine rings is 1. The van der Waals surface area contributed by atoms with Gasteiger partial charge >= 0.3 is 12.0 Å². The highest BCUT2D eigenvalue weighted by atomic mass is 16.5. The zero-order valence-electron chi connectivity index (χ0n) is 19.8. The molecule has 1 atom stereocenters. The fourth-order valence-corrected chi connectivity index (χ4v) is 3.35. The molecule has 9 heteroatoms. The van der Waals surface area contributed by atoms with E-state index in [1.54, 1.807) is 37.3 Å². The number of hydrogen-bond acceptors (Lipinski definition) is 5. The Labute approximate surface area is 203 Å². The molecular weight excluding hydrogens is 448 g/mol. The molecule has 3 aromatic rings. The van der Waals surface area contributed by atoms with Crippen LogP contribution in [-0.2, 0) is 22.4 Å². The number of nitrogens with zero attached hydrogens (tertiary/aromatic N) is 1. The van der Waals surface area contributed by atoms with Crippen LogP contribution in [0.2, 0.25) is 0 Å². The first kappa shape index (κ1) is 25.2. The van der Waals surface area contributed by atoms with E-state index < -0.39 is 17.9 Å². The van der Waals surface area contributed by atoms with E-state index in [0.29, 0.717) is 40.5 Å². The van der Waals surface area contributed by atoms with Gasteiger partial charge in [-0.15, -0.1) is 0 Å². The largest absolute Gasteiger partial charge is 0.495 e. The minimum absolute atomic E-state index is 0.0871. The van der Waals surface area contributed by atoms with Crippen LogP contribution in [0.15, 0.2) is 60.8 Å². The average Bonchev–Trinajstić information content (AvgIpc) is 2.82. The third-order valence-electron chi connectivity index (χ3n) is 5.32. The number of nitrogens with one attached hydrogen (secondary N) is 3. The highest BCUT2D eigenvalue weighted by Gasteiger charge is 2.14. The first-order chi connectivity index (χ1) is 16.7. The number of aryl methyl sites for hydroxylation is 1. The molecule has 0 bridgehead atoms. The monoisotopic (exact) mass is 476 g/mol. The number of carbonyl (C=O) groups is 3. The topological polar surface area (TPSA) is 130 Å². The SMILES string of the molecule is COc1cc(CC(=O)Nc2ccc(CC(C)C(=O)O)nc2)ccc1NC(=O)Nc1ccccc1C. The van der Waals surface area contributed by atoms with Crippen molar-refractivity contribution in [2.45, 2.75) is 26.7 Å². The van der Waals surface area contributed by atoms with E-state index in [-0.39, 0.29) is 12.3 Å². The lowest BCUT2D eigenvalue weighted by Gasteiger charge is -2.14. The molecule has 2 aromatic carbocycles. The van der Waals surface area contributed by atoms with Crippen molar-refractivity contribution in [3.8, 4) is 5.75 Å². The maximum Gasteiger partial charge on any atom is 0.323 e. The molecule has 4 N–H and O–H groups in total. The van der Waals surface area contributed by atoms with Crippen LogP contribution >= 0.6 is 0 Å². The molecule has 0 spiro atoms. The van der Waals surface area contributed by atoms with Crippen molar-refractivity contribution in [2.24, 2.45) is 5.92 Å². The Morgan fingerprint density at radius 3 is 2.40 bits per heavy atom. The second-order valence-corrected chi connectivity index (χ2v) is 8.14. The van der Waals surface area contributed by atoms with Gasteiger partial charge in [-0.2, -0.15) is 0 Å². The van der Waals surface area contributed by atoms with E-state index in [0.717, 1.165) is 5.56 Å². The quantitative estimate of drug-likeness (QED) is 0.360. The summed E-state index contributed by atoms with van der Waals surface area (Å²) in [7, 11) is 1.49. The fourth-order valence-electron chi connectivity index (χ4n) is 3.35. The van der Waals surface area contributed by atoms with Crippen LogP contribution in [0.25, 0.3) is 0 Å². The van der Waals surface area contributed by atoms with Gasteiger partial charge in [-0.05, 0) is 48.4 Å². The summed E-state index contributed by atoms with van der Waals surface area (Å²) < 4.78 is 5.40. The Hall–Kier alpha value is -4.40. The number of aliphatic carboxylic acids is 1. The standard InChI is InChI=1S/C26H28N4O5/c1-16-6-4-5-7-21(16)29-26(34)30-22-11-8-18(13-23(22)35-3)14-24(31)28-20-10-9-19(27-15-20)12-17(2)25(32)33/h4-11,13,15,17H,12,14H2,1-3H3,(H,28,31)(H,32,33)(H2,29,30,34). The Kier molecular flexibility index (Phi) is 8.39. The minimum Gasteiger partial charge on any atom is -0.495 e. The van der Waals surface area contributed by atoms with Crippen molar-refractivity contribution in [3.05, 3.63) is 77.6 Å². The van der Waals surface area contributed by atoms with Crippen LogP contribution in [0.4, 0.5) is 21.9 Å². The van der Waals surface area contributed by atoms with E-state index in [2.05, 4.69) is 20.9 Å². The second kappa shape index (κ2) is 11.6. The number of anilines is 3. The first-order valence-corrected chi connectivity index (χ1v) is 11.0. The molecule has 9 nitrogen and oxygen atoms in total.